The first-order valence-corrected chi connectivity index (χ1v) is 7.45. The number of benzene rings is 1. The fourth-order valence-corrected chi connectivity index (χ4v) is 2.30. The van der Waals surface area contributed by atoms with Crippen LogP contribution in [0.1, 0.15) is 21.6 Å². The van der Waals surface area contributed by atoms with Gasteiger partial charge >= 0.3 is 5.69 Å². The van der Waals surface area contributed by atoms with E-state index < -0.39 is 16.4 Å². The number of rotatable bonds is 5. The molecular formula is C16H13FN6O3. The molecule has 0 amide bonds. The van der Waals surface area contributed by atoms with Crippen molar-refractivity contribution in [1.29, 1.82) is 0 Å². The third kappa shape index (κ3) is 3.24. The van der Waals surface area contributed by atoms with Gasteiger partial charge in [-0.2, -0.15) is 14.5 Å². The zero-order valence-corrected chi connectivity index (χ0v) is 13.8. The second kappa shape index (κ2) is 6.67. The molecule has 10 heteroatoms. The maximum atomic E-state index is 13.6. The van der Waals surface area contributed by atoms with E-state index in [4.69, 9.17) is 0 Å². The average Bonchev–Trinajstić information content (AvgIpc) is 2.98. The Morgan fingerprint density at radius 3 is 2.77 bits per heavy atom. The lowest BCUT2D eigenvalue weighted by molar-refractivity contribution is -0.387. The summed E-state index contributed by atoms with van der Waals surface area (Å²) in [5, 5.41) is 17.9. The first kappa shape index (κ1) is 17.1. The number of hydrogen-bond acceptors (Lipinski definition) is 7. The molecule has 2 heterocycles. The summed E-state index contributed by atoms with van der Waals surface area (Å²) >= 11 is 0. The van der Waals surface area contributed by atoms with E-state index in [1.807, 2.05) is 0 Å². The van der Waals surface area contributed by atoms with Crippen molar-refractivity contribution in [3.05, 3.63) is 63.3 Å². The predicted octanol–water partition coefficient (Wildman–Crippen LogP) is 2.88. The van der Waals surface area contributed by atoms with Gasteiger partial charge in [-0.3, -0.25) is 14.9 Å². The Hall–Kier alpha value is -3.69. The molecule has 0 aliphatic rings. The molecule has 3 aromatic rings. The van der Waals surface area contributed by atoms with Gasteiger partial charge < -0.3 is 5.32 Å². The number of halogens is 1. The maximum Gasteiger partial charge on any atom is 0.306 e. The number of carbonyl (C=O) groups excluding carboxylic acids is 1. The van der Waals surface area contributed by atoms with Crippen LogP contribution in [-0.2, 0) is 0 Å². The topological polar surface area (TPSA) is 116 Å². The second-order valence-corrected chi connectivity index (χ2v) is 5.47. The van der Waals surface area contributed by atoms with Crippen LogP contribution in [0.4, 0.5) is 21.7 Å². The smallest absolute Gasteiger partial charge is 0.306 e. The van der Waals surface area contributed by atoms with Crippen molar-refractivity contribution in [3.63, 3.8) is 0 Å². The van der Waals surface area contributed by atoms with E-state index in [0.717, 1.165) is 12.1 Å². The van der Waals surface area contributed by atoms with Gasteiger partial charge in [0.15, 0.2) is 12.1 Å². The summed E-state index contributed by atoms with van der Waals surface area (Å²) in [4.78, 5) is 29.4. The molecule has 0 aliphatic heterocycles. The lowest BCUT2D eigenvalue weighted by Crippen LogP contribution is -2.05. The van der Waals surface area contributed by atoms with Crippen LogP contribution >= 0.6 is 0 Å². The van der Waals surface area contributed by atoms with Crippen LogP contribution in [0.15, 0.2) is 30.6 Å². The standard InChI is InChI=1S/C16H13FN6O3/c1-9-5-12(17)14(23(25)26)6-13(9)19-16-18-4-3-15(20-16)22-7-11(8-24)10(2)21-22/h3-8H,1-2H3,(H,18,19,20). The SMILES string of the molecule is Cc1cc(F)c([N+](=O)[O-])cc1Nc1nccc(-n2cc(C=O)c(C)n2)n1. The Labute approximate surface area is 146 Å². The summed E-state index contributed by atoms with van der Waals surface area (Å²) < 4.78 is 15.1. The summed E-state index contributed by atoms with van der Waals surface area (Å²) in [7, 11) is 0. The molecular weight excluding hydrogens is 343 g/mol. The number of nitro groups is 1. The van der Waals surface area contributed by atoms with Crippen molar-refractivity contribution in [2.75, 3.05) is 5.32 Å². The molecule has 3 rings (SSSR count). The Balaban J connectivity index is 1.95. The number of aromatic nitrogens is 4. The molecule has 0 radical (unpaired) electrons. The largest absolute Gasteiger partial charge is 0.324 e. The molecule has 0 saturated heterocycles. The number of aldehydes is 1. The number of anilines is 2. The number of nitrogens with zero attached hydrogens (tertiary/aromatic N) is 5. The van der Waals surface area contributed by atoms with E-state index in [1.165, 1.54) is 17.1 Å². The van der Waals surface area contributed by atoms with Crippen molar-refractivity contribution in [2.45, 2.75) is 13.8 Å². The Morgan fingerprint density at radius 2 is 2.12 bits per heavy atom. The summed E-state index contributed by atoms with van der Waals surface area (Å²) in [5.74, 6) is -0.374. The molecule has 0 unspecified atom stereocenters. The Kier molecular flexibility index (Phi) is 4.40. The van der Waals surface area contributed by atoms with Crippen LogP contribution in [0.3, 0.4) is 0 Å². The van der Waals surface area contributed by atoms with E-state index in [9.17, 15) is 19.3 Å². The molecule has 0 fully saturated rings. The molecule has 2 aromatic heterocycles. The van der Waals surface area contributed by atoms with Gasteiger partial charge in [0.05, 0.1) is 21.9 Å². The van der Waals surface area contributed by atoms with Crippen molar-refractivity contribution in [2.24, 2.45) is 0 Å². The molecule has 0 saturated carbocycles. The quantitative estimate of drug-likeness (QED) is 0.424. The van der Waals surface area contributed by atoms with E-state index in [1.54, 1.807) is 19.9 Å². The molecule has 132 valence electrons. The van der Waals surface area contributed by atoms with Crippen molar-refractivity contribution in [3.8, 4) is 5.82 Å². The lowest BCUT2D eigenvalue weighted by atomic mass is 10.1. The minimum atomic E-state index is -0.916. The molecule has 0 atom stereocenters. The fourth-order valence-electron chi connectivity index (χ4n) is 2.30. The minimum Gasteiger partial charge on any atom is -0.324 e. The van der Waals surface area contributed by atoms with Gasteiger partial charge in [-0.1, -0.05) is 0 Å². The van der Waals surface area contributed by atoms with Gasteiger partial charge in [-0.05, 0) is 25.5 Å². The fraction of sp³-hybridized carbons (Fsp3) is 0.125. The number of aryl methyl sites for hydroxylation is 2. The van der Waals surface area contributed by atoms with Crippen LogP contribution in [0.5, 0.6) is 0 Å². The second-order valence-electron chi connectivity index (χ2n) is 5.47. The summed E-state index contributed by atoms with van der Waals surface area (Å²) in [6, 6.07) is 3.74. The average molecular weight is 356 g/mol. The first-order chi connectivity index (χ1) is 12.4. The van der Waals surface area contributed by atoms with Gasteiger partial charge in [0.2, 0.25) is 11.8 Å². The molecule has 0 aliphatic carbocycles. The molecule has 0 spiro atoms. The third-order valence-electron chi connectivity index (χ3n) is 3.68. The number of carbonyl (C=O) groups is 1. The van der Waals surface area contributed by atoms with Crippen LogP contribution in [0.25, 0.3) is 5.82 Å². The summed E-state index contributed by atoms with van der Waals surface area (Å²) in [6.07, 6.45) is 3.69. The minimum absolute atomic E-state index is 0.146. The molecule has 1 N–H and O–H groups in total. The monoisotopic (exact) mass is 356 g/mol. The number of nitrogens with one attached hydrogen (secondary N) is 1. The maximum absolute atomic E-state index is 13.6. The van der Waals surface area contributed by atoms with Crippen molar-refractivity contribution >= 4 is 23.6 Å². The van der Waals surface area contributed by atoms with E-state index in [0.29, 0.717) is 34.6 Å². The third-order valence-corrected chi connectivity index (χ3v) is 3.68. The Bertz CT molecular complexity index is 1020. The van der Waals surface area contributed by atoms with E-state index >= 15 is 0 Å². The highest BCUT2D eigenvalue weighted by Crippen LogP contribution is 2.27. The highest BCUT2D eigenvalue weighted by atomic mass is 19.1. The zero-order chi connectivity index (χ0) is 18.8. The summed E-state index contributed by atoms with van der Waals surface area (Å²) in [6.45, 7) is 3.30. The predicted molar refractivity (Wildman–Crippen MR) is 90.4 cm³/mol. The number of hydrogen-bond donors (Lipinski definition) is 1. The molecule has 0 bridgehead atoms. The van der Waals surface area contributed by atoms with Gasteiger partial charge in [0.1, 0.15) is 0 Å². The molecule has 1 aromatic carbocycles. The van der Waals surface area contributed by atoms with Gasteiger partial charge in [-0.25, -0.2) is 9.67 Å². The Morgan fingerprint density at radius 1 is 1.35 bits per heavy atom. The molecule has 9 nitrogen and oxygen atoms in total. The number of nitro benzene ring substituents is 1. The van der Waals surface area contributed by atoms with Crippen molar-refractivity contribution < 1.29 is 14.1 Å². The van der Waals surface area contributed by atoms with Crippen LogP contribution < -0.4 is 5.32 Å². The zero-order valence-electron chi connectivity index (χ0n) is 13.8. The summed E-state index contributed by atoms with van der Waals surface area (Å²) in [5.41, 5.74) is 1.11. The van der Waals surface area contributed by atoms with E-state index in [-0.39, 0.29) is 5.95 Å². The normalized spacial score (nSPS) is 10.6. The van der Waals surface area contributed by atoms with Gasteiger partial charge in [0.25, 0.3) is 0 Å². The van der Waals surface area contributed by atoms with Gasteiger partial charge in [0, 0.05) is 24.5 Å². The molecule has 26 heavy (non-hydrogen) atoms. The van der Waals surface area contributed by atoms with Gasteiger partial charge in [-0.15, -0.1) is 0 Å². The lowest BCUT2D eigenvalue weighted by Gasteiger charge is -2.09. The van der Waals surface area contributed by atoms with Crippen LogP contribution in [0, 0.1) is 29.8 Å². The van der Waals surface area contributed by atoms with Crippen molar-refractivity contribution in [1.82, 2.24) is 19.7 Å². The highest BCUT2D eigenvalue weighted by Gasteiger charge is 2.17. The van der Waals surface area contributed by atoms with Crippen LogP contribution in [-0.4, -0.2) is 31.0 Å². The van der Waals surface area contributed by atoms with E-state index in [2.05, 4.69) is 20.4 Å². The van der Waals surface area contributed by atoms with Crippen LogP contribution in [0.2, 0.25) is 0 Å². The highest BCUT2D eigenvalue weighted by molar-refractivity contribution is 5.76. The first-order valence-electron chi connectivity index (χ1n) is 7.45.